The molecule has 1 saturated carbocycles. The van der Waals surface area contributed by atoms with E-state index in [4.69, 9.17) is 0 Å². The van der Waals surface area contributed by atoms with E-state index in [1.165, 1.54) is 0 Å². The number of carbonyl (C=O) groups is 1. The molecule has 1 aromatic carbocycles. The van der Waals surface area contributed by atoms with E-state index < -0.39 is 0 Å². The number of fused-ring (bicyclic) bond motifs is 1. The Labute approximate surface area is 136 Å². The number of benzene rings is 1. The molecule has 1 aromatic heterocycles. The number of hydrogen-bond acceptors (Lipinski definition) is 3. The molecule has 5 heteroatoms. The van der Waals surface area contributed by atoms with Crippen LogP contribution >= 0.6 is 0 Å². The summed E-state index contributed by atoms with van der Waals surface area (Å²) in [6.45, 7) is 6.47. The molecule has 5 nitrogen and oxygen atoms in total. The van der Waals surface area contributed by atoms with Gasteiger partial charge in [-0.3, -0.25) is 9.89 Å². The molecule has 1 atom stereocenters. The predicted molar refractivity (Wildman–Crippen MR) is 89.3 cm³/mol. The molecule has 2 N–H and O–H groups in total. The van der Waals surface area contributed by atoms with Crippen LogP contribution in [0.25, 0.3) is 0 Å². The van der Waals surface area contributed by atoms with E-state index in [2.05, 4.69) is 36.3 Å². The Kier molecular flexibility index (Phi) is 3.01. The van der Waals surface area contributed by atoms with E-state index in [9.17, 15) is 4.79 Å². The summed E-state index contributed by atoms with van der Waals surface area (Å²) in [6, 6.07) is 8.08. The number of rotatable bonds is 2. The van der Waals surface area contributed by atoms with Crippen LogP contribution in [0.1, 0.15) is 61.4 Å². The van der Waals surface area contributed by atoms with Crippen molar-refractivity contribution in [2.75, 3.05) is 5.32 Å². The maximum atomic E-state index is 13.0. The van der Waals surface area contributed by atoms with Gasteiger partial charge < -0.3 is 10.2 Å². The lowest BCUT2D eigenvalue weighted by Gasteiger charge is -2.39. The molecule has 2 aromatic rings. The zero-order valence-corrected chi connectivity index (χ0v) is 13.8. The van der Waals surface area contributed by atoms with E-state index in [1.807, 2.05) is 35.4 Å². The Bertz CT molecular complexity index is 754. The normalized spacial score (nSPS) is 21.1. The minimum Gasteiger partial charge on any atom is -0.361 e. The SMILES string of the molecule is CC(C)(C)c1[nH]ncc1[C@H]1Nc2ccccc2C(=O)N1C1CC1. The fraction of sp³-hybridized carbons (Fsp3) is 0.444. The number of nitrogens with zero attached hydrogens (tertiary/aromatic N) is 2. The Hall–Kier alpha value is -2.30. The second-order valence-corrected chi connectivity index (χ2v) is 7.49. The lowest BCUT2D eigenvalue weighted by Crippen LogP contribution is -2.44. The number of hydrogen-bond donors (Lipinski definition) is 2. The monoisotopic (exact) mass is 310 g/mol. The second-order valence-electron chi connectivity index (χ2n) is 7.49. The summed E-state index contributed by atoms with van der Waals surface area (Å²) >= 11 is 0. The van der Waals surface area contributed by atoms with Gasteiger partial charge >= 0.3 is 0 Å². The van der Waals surface area contributed by atoms with Crippen LogP contribution in [0.15, 0.2) is 30.5 Å². The quantitative estimate of drug-likeness (QED) is 0.893. The molecular weight excluding hydrogens is 288 g/mol. The highest BCUT2D eigenvalue weighted by atomic mass is 16.2. The van der Waals surface area contributed by atoms with Crippen LogP contribution in [0.4, 0.5) is 5.69 Å². The van der Waals surface area contributed by atoms with Crippen LogP contribution in [0, 0.1) is 0 Å². The average molecular weight is 310 g/mol. The topological polar surface area (TPSA) is 61.0 Å². The summed E-state index contributed by atoms with van der Waals surface area (Å²) in [5, 5.41) is 10.9. The first-order valence-electron chi connectivity index (χ1n) is 8.19. The van der Waals surface area contributed by atoms with Crippen LogP contribution in [-0.4, -0.2) is 27.0 Å². The molecule has 1 aliphatic carbocycles. The first-order chi connectivity index (χ1) is 11.0. The Balaban J connectivity index is 1.82. The summed E-state index contributed by atoms with van der Waals surface area (Å²) in [5.41, 5.74) is 3.75. The number of nitrogens with one attached hydrogen (secondary N) is 2. The van der Waals surface area contributed by atoms with Crippen molar-refractivity contribution < 1.29 is 4.79 Å². The van der Waals surface area contributed by atoms with Crippen molar-refractivity contribution in [3.8, 4) is 0 Å². The molecule has 4 rings (SSSR count). The van der Waals surface area contributed by atoms with E-state index in [-0.39, 0.29) is 17.5 Å². The summed E-state index contributed by atoms with van der Waals surface area (Å²) in [6.07, 6.45) is 3.86. The zero-order chi connectivity index (χ0) is 16.2. The van der Waals surface area contributed by atoms with Crippen molar-refractivity contribution >= 4 is 11.6 Å². The molecule has 1 aliphatic heterocycles. The van der Waals surface area contributed by atoms with E-state index >= 15 is 0 Å². The number of H-pyrrole nitrogens is 1. The highest BCUT2D eigenvalue weighted by Gasteiger charge is 2.43. The van der Waals surface area contributed by atoms with Crippen molar-refractivity contribution in [1.29, 1.82) is 0 Å². The molecule has 0 spiro atoms. The summed E-state index contributed by atoms with van der Waals surface area (Å²) < 4.78 is 0. The molecule has 0 bridgehead atoms. The van der Waals surface area contributed by atoms with Gasteiger partial charge in [-0.15, -0.1) is 0 Å². The molecule has 1 fully saturated rings. The first kappa shape index (κ1) is 14.3. The van der Waals surface area contributed by atoms with Crippen molar-refractivity contribution in [2.24, 2.45) is 0 Å². The Morgan fingerprint density at radius 3 is 2.65 bits per heavy atom. The van der Waals surface area contributed by atoms with E-state index in [0.29, 0.717) is 6.04 Å². The number of anilines is 1. The molecule has 2 heterocycles. The number of amides is 1. The van der Waals surface area contributed by atoms with Crippen molar-refractivity contribution in [3.05, 3.63) is 47.3 Å². The first-order valence-corrected chi connectivity index (χ1v) is 8.19. The largest absolute Gasteiger partial charge is 0.361 e. The zero-order valence-electron chi connectivity index (χ0n) is 13.8. The van der Waals surface area contributed by atoms with E-state index in [1.54, 1.807) is 0 Å². The van der Waals surface area contributed by atoms with Crippen LogP contribution in [-0.2, 0) is 5.41 Å². The van der Waals surface area contributed by atoms with Gasteiger partial charge in [0.1, 0.15) is 6.17 Å². The molecule has 23 heavy (non-hydrogen) atoms. The smallest absolute Gasteiger partial charge is 0.258 e. The van der Waals surface area contributed by atoms with Crippen molar-refractivity contribution in [3.63, 3.8) is 0 Å². The highest BCUT2D eigenvalue weighted by molar-refractivity contribution is 6.02. The highest BCUT2D eigenvalue weighted by Crippen LogP contribution is 2.42. The Morgan fingerprint density at radius 2 is 1.96 bits per heavy atom. The van der Waals surface area contributed by atoms with Gasteiger partial charge in [0, 0.05) is 28.4 Å². The standard InChI is InChI=1S/C18H22N4O/c1-18(2,3)15-13(10-19-21-15)16-20-14-7-5-4-6-12(14)17(23)22(16)11-8-9-11/h4-7,10-11,16,20H,8-9H2,1-3H3,(H,19,21)/t16-/m0/s1. The lowest BCUT2D eigenvalue weighted by molar-refractivity contribution is 0.0665. The molecule has 0 radical (unpaired) electrons. The van der Waals surface area contributed by atoms with Gasteiger partial charge in [0.05, 0.1) is 11.8 Å². The molecule has 0 saturated heterocycles. The summed E-state index contributed by atoms with van der Waals surface area (Å²) in [7, 11) is 0. The third kappa shape index (κ3) is 2.31. The van der Waals surface area contributed by atoms with Gasteiger partial charge in [-0.05, 0) is 25.0 Å². The fourth-order valence-corrected chi connectivity index (χ4v) is 3.33. The van der Waals surface area contributed by atoms with Gasteiger partial charge in [-0.2, -0.15) is 5.10 Å². The van der Waals surface area contributed by atoms with Gasteiger partial charge in [-0.1, -0.05) is 32.9 Å². The van der Waals surface area contributed by atoms with E-state index in [0.717, 1.165) is 35.3 Å². The predicted octanol–water partition coefficient (Wildman–Crippen LogP) is 3.44. The number of aromatic amines is 1. The van der Waals surface area contributed by atoms with Gasteiger partial charge in [0.15, 0.2) is 0 Å². The van der Waals surface area contributed by atoms with Crippen molar-refractivity contribution in [2.45, 2.75) is 51.2 Å². The number of carbonyl (C=O) groups excluding carboxylic acids is 1. The minimum atomic E-state index is -0.155. The number of para-hydroxylation sites is 1. The molecule has 0 unspecified atom stereocenters. The summed E-state index contributed by atoms with van der Waals surface area (Å²) in [5.74, 6) is 0.118. The maximum absolute atomic E-state index is 13.0. The fourth-order valence-electron chi connectivity index (χ4n) is 3.33. The van der Waals surface area contributed by atoms with Crippen LogP contribution in [0.3, 0.4) is 0 Å². The minimum absolute atomic E-state index is 0.0528. The summed E-state index contributed by atoms with van der Waals surface area (Å²) in [4.78, 5) is 15.0. The van der Waals surface area contributed by atoms with Gasteiger partial charge in [0.2, 0.25) is 0 Å². The van der Waals surface area contributed by atoms with Crippen LogP contribution < -0.4 is 5.32 Å². The third-order valence-corrected chi connectivity index (χ3v) is 4.62. The van der Waals surface area contributed by atoms with Crippen molar-refractivity contribution in [1.82, 2.24) is 15.1 Å². The molecule has 1 amide bonds. The number of aromatic nitrogens is 2. The third-order valence-electron chi connectivity index (χ3n) is 4.62. The van der Waals surface area contributed by atoms with Gasteiger partial charge in [0.25, 0.3) is 5.91 Å². The van der Waals surface area contributed by atoms with Crippen LogP contribution in [0.2, 0.25) is 0 Å². The van der Waals surface area contributed by atoms with Crippen LogP contribution in [0.5, 0.6) is 0 Å². The van der Waals surface area contributed by atoms with Gasteiger partial charge in [-0.25, -0.2) is 0 Å². The molecule has 120 valence electrons. The maximum Gasteiger partial charge on any atom is 0.258 e. The lowest BCUT2D eigenvalue weighted by atomic mass is 9.88. The Morgan fingerprint density at radius 1 is 1.22 bits per heavy atom. The second kappa shape index (κ2) is 4.85. The molecule has 2 aliphatic rings. The molecular formula is C18H22N4O. The average Bonchev–Trinajstić information content (AvgIpc) is 3.20.